The summed E-state index contributed by atoms with van der Waals surface area (Å²) >= 11 is 0. The van der Waals surface area contributed by atoms with E-state index in [1.807, 2.05) is 0 Å². The second-order valence-electron chi connectivity index (χ2n) is 8.00. The van der Waals surface area contributed by atoms with Crippen molar-refractivity contribution in [3.63, 3.8) is 0 Å². The molecule has 2 aliphatic rings. The number of rotatable bonds is 6. The Balaban J connectivity index is 1.53. The van der Waals surface area contributed by atoms with Crippen molar-refractivity contribution in [1.82, 2.24) is 14.5 Å². The summed E-state index contributed by atoms with van der Waals surface area (Å²) < 4.78 is 32.0. The number of ether oxygens (including phenoxy) is 1. The van der Waals surface area contributed by atoms with Crippen LogP contribution < -0.4 is 5.32 Å². The number of hydrogen-bond donors (Lipinski definition) is 1. The molecule has 31 heavy (non-hydrogen) atoms. The molecule has 0 radical (unpaired) electrons. The number of carbonyl (C=O) groups excluding carboxylic acids is 3. The maximum atomic E-state index is 12.7. The lowest BCUT2D eigenvalue weighted by molar-refractivity contribution is -0.160. The summed E-state index contributed by atoms with van der Waals surface area (Å²) in [5.74, 6) is -1.26. The Morgan fingerprint density at radius 1 is 1.00 bits per heavy atom. The normalized spacial score (nSPS) is 19.5. The highest BCUT2D eigenvalue weighted by atomic mass is 32.2. The average Bonchev–Trinajstić information content (AvgIpc) is 2.78. The zero-order chi connectivity index (χ0) is 22.5. The van der Waals surface area contributed by atoms with Crippen molar-refractivity contribution < 1.29 is 27.5 Å². The summed E-state index contributed by atoms with van der Waals surface area (Å²) in [6.45, 7) is 1.72. The van der Waals surface area contributed by atoms with Gasteiger partial charge in [0.2, 0.25) is 15.9 Å². The van der Waals surface area contributed by atoms with Gasteiger partial charge in [0, 0.05) is 33.1 Å². The lowest BCUT2D eigenvalue weighted by atomic mass is 9.81. The molecule has 0 unspecified atom stereocenters. The van der Waals surface area contributed by atoms with Gasteiger partial charge in [-0.15, -0.1) is 0 Å². The lowest BCUT2D eigenvalue weighted by Crippen LogP contribution is -2.56. The van der Waals surface area contributed by atoms with E-state index in [1.54, 1.807) is 30.3 Å². The summed E-state index contributed by atoms with van der Waals surface area (Å²) in [4.78, 5) is 38.5. The molecule has 2 amide bonds. The van der Waals surface area contributed by atoms with Crippen LogP contribution in [0.3, 0.4) is 0 Å². The van der Waals surface area contributed by atoms with Crippen molar-refractivity contribution in [2.24, 2.45) is 0 Å². The minimum absolute atomic E-state index is 0.173. The van der Waals surface area contributed by atoms with Gasteiger partial charge in [-0.25, -0.2) is 13.2 Å². The number of benzene rings is 1. The van der Waals surface area contributed by atoms with Gasteiger partial charge < -0.3 is 15.0 Å². The highest BCUT2D eigenvalue weighted by Crippen LogP contribution is 2.29. The van der Waals surface area contributed by atoms with Gasteiger partial charge in [0.05, 0.1) is 4.90 Å². The molecular weight excluding hydrogens is 422 g/mol. The lowest BCUT2D eigenvalue weighted by Gasteiger charge is -2.36. The highest BCUT2D eigenvalue weighted by Gasteiger charge is 2.42. The van der Waals surface area contributed by atoms with Gasteiger partial charge in [0.15, 0.2) is 6.61 Å². The first kappa shape index (κ1) is 23.2. The zero-order valence-electron chi connectivity index (χ0n) is 17.7. The van der Waals surface area contributed by atoms with Gasteiger partial charge in [0.25, 0.3) is 5.91 Å². The van der Waals surface area contributed by atoms with Crippen LogP contribution in [0.25, 0.3) is 0 Å². The maximum absolute atomic E-state index is 12.7. The van der Waals surface area contributed by atoms with E-state index < -0.39 is 28.1 Å². The molecule has 1 aromatic carbocycles. The summed E-state index contributed by atoms with van der Waals surface area (Å²) in [6, 6.07) is 8.17. The minimum atomic E-state index is -3.60. The van der Waals surface area contributed by atoms with Crippen LogP contribution in [0.1, 0.15) is 39.0 Å². The summed E-state index contributed by atoms with van der Waals surface area (Å²) in [5.41, 5.74) is -1.06. The van der Waals surface area contributed by atoms with Gasteiger partial charge in [-0.2, -0.15) is 4.31 Å². The summed E-state index contributed by atoms with van der Waals surface area (Å²) in [5, 5.41) is 2.72. The van der Waals surface area contributed by atoms with E-state index in [0.717, 1.165) is 19.3 Å². The smallest absolute Gasteiger partial charge is 0.332 e. The highest BCUT2D eigenvalue weighted by molar-refractivity contribution is 7.89. The first-order chi connectivity index (χ1) is 14.7. The molecule has 1 aromatic rings. The third-order valence-electron chi connectivity index (χ3n) is 5.81. The standard InChI is InChI=1S/C21H29N3O6S/c1-17(25)22-21(10-6-3-7-11-21)20(27)30-16-19(26)23-12-14-24(15-13-23)31(28,29)18-8-4-2-5-9-18/h2,4-5,8-9H,3,6-7,10-16H2,1H3,(H,22,25). The Morgan fingerprint density at radius 3 is 2.19 bits per heavy atom. The molecule has 3 rings (SSSR count). The third-order valence-corrected chi connectivity index (χ3v) is 7.73. The van der Waals surface area contributed by atoms with Crippen molar-refractivity contribution in [1.29, 1.82) is 0 Å². The molecule has 0 atom stereocenters. The van der Waals surface area contributed by atoms with Crippen molar-refractivity contribution in [2.45, 2.75) is 49.5 Å². The maximum Gasteiger partial charge on any atom is 0.332 e. The SMILES string of the molecule is CC(=O)NC1(C(=O)OCC(=O)N2CCN(S(=O)(=O)c3ccccc3)CC2)CCCCC1. The number of carbonyl (C=O) groups is 3. The molecule has 10 heteroatoms. The van der Waals surface area contributed by atoms with E-state index >= 15 is 0 Å². The fraction of sp³-hybridized carbons (Fsp3) is 0.571. The quantitative estimate of drug-likeness (QED) is 0.643. The molecule has 1 saturated heterocycles. The van der Waals surface area contributed by atoms with Crippen LogP contribution in [0.2, 0.25) is 0 Å². The molecular formula is C21H29N3O6S. The van der Waals surface area contributed by atoms with Crippen LogP contribution in [0.15, 0.2) is 35.2 Å². The number of esters is 1. The van der Waals surface area contributed by atoms with Crippen LogP contribution in [0, 0.1) is 0 Å². The fourth-order valence-electron chi connectivity index (χ4n) is 4.15. The minimum Gasteiger partial charge on any atom is -0.454 e. The molecule has 0 spiro atoms. The Hall–Kier alpha value is -2.46. The van der Waals surface area contributed by atoms with E-state index in [-0.39, 0.29) is 42.9 Å². The van der Waals surface area contributed by atoms with E-state index in [0.29, 0.717) is 12.8 Å². The molecule has 1 N–H and O–H groups in total. The van der Waals surface area contributed by atoms with Gasteiger partial charge >= 0.3 is 5.97 Å². The molecule has 2 fully saturated rings. The fourth-order valence-corrected chi connectivity index (χ4v) is 5.59. The van der Waals surface area contributed by atoms with Gasteiger partial charge in [-0.3, -0.25) is 9.59 Å². The molecule has 9 nitrogen and oxygen atoms in total. The largest absolute Gasteiger partial charge is 0.454 e. The van der Waals surface area contributed by atoms with Gasteiger partial charge in [-0.05, 0) is 25.0 Å². The topological polar surface area (TPSA) is 113 Å². The zero-order valence-corrected chi connectivity index (χ0v) is 18.5. The van der Waals surface area contributed by atoms with Crippen LogP contribution in [-0.2, 0) is 29.1 Å². The Kier molecular flexibility index (Phi) is 7.32. The number of amides is 2. The van der Waals surface area contributed by atoms with Crippen molar-refractivity contribution in [3.05, 3.63) is 30.3 Å². The number of hydrogen-bond acceptors (Lipinski definition) is 6. The van der Waals surface area contributed by atoms with E-state index in [1.165, 1.54) is 16.1 Å². The molecule has 170 valence electrons. The third kappa shape index (κ3) is 5.43. The van der Waals surface area contributed by atoms with E-state index in [2.05, 4.69) is 5.32 Å². The molecule has 0 aromatic heterocycles. The van der Waals surface area contributed by atoms with Crippen LogP contribution >= 0.6 is 0 Å². The molecule has 1 heterocycles. The van der Waals surface area contributed by atoms with Gasteiger partial charge in [0.1, 0.15) is 5.54 Å². The molecule has 0 bridgehead atoms. The Morgan fingerprint density at radius 2 is 1.61 bits per heavy atom. The first-order valence-electron chi connectivity index (χ1n) is 10.5. The Labute approximate surface area is 182 Å². The molecule has 1 aliphatic heterocycles. The van der Waals surface area contributed by atoms with Crippen LogP contribution in [0.4, 0.5) is 0 Å². The van der Waals surface area contributed by atoms with Crippen molar-refractivity contribution in [2.75, 3.05) is 32.8 Å². The van der Waals surface area contributed by atoms with E-state index in [9.17, 15) is 22.8 Å². The Bertz CT molecular complexity index is 904. The average molecular weight is 452 g/mol. The molecule has 1 aliphatic carbocycles. The van der Waals surface area contributed by atoms with Crippen molar-refractivity contribution in [3.8, 4) is 0 Å². The second-order valence-corrected chi connectivity index (χ2v) is 9.94. The van der Waals surface area contributed by atoms with E-state index in [4.69, 9.17) is 4.74 Å². The van der Waals surface area contributed by atoms with Gasteiger partial charge in [-0.1, -0.05) is 37.5 Å². The van der Waals surface area contributed by atoms with Crippen molar-refractivity contribution >= 4 is 27.8 Å². The molecule has 1 saturated carbocycles. The number of nitrogens with one attached hydrogen (secondary N) is 1. The number of nitrogens with zero attached hydrogens (tertiary/aromatic N) is 2. The van der Waals surface area contributed by atoms with Crippen LogP contribution in [-0.4, -0.2) is 73.7 Å². The summed E-state index contributed by atoms with van der Waals surface area (Å²) in [7, 11) is -3.60. The number of sulfonamides is 1. The second kappa shape index (κ2) is 9.78. The monoisotopic (exact) mass is 451 g/mol. The predicted molar refractivity (Wildman–Crippen MR) is 112 cm³/mol. The summed E-state index contributed by atoms with van der Waals surface area (Å²) in [6.07, 6.45) is 3.59. The number of piperazine rings is 1. The first-order valence-corrected chi connectivity index (χ1v) is 12.0. The predicted octanol–water partition coefficient (Wildman–Crippen LogP) is 0.902. The van der Waals surface area contributed by atoms with Crippen LogP contribution in [0.5, 0.6) is 0 Å².